The van der Waals surface area contributed by atoms with E-state index in [-0.39, 0.29) is 6.04 Å². The Balaban J connectivity index is 1.96. The Morgan fingerprint density at radius 1 is 1.21 bits per heavy atom. The number of rotatable bonds is 4. The number of aliphatic hydroxyl groups is 1. The maximum absolute atomic E-state index is 10.9. The number of para-hydroxylation sites is 1. The third-order valence-electron chi connectivity index (χ3n) is 5.39. The molecule has 148 valence electrons. The summed E-state index contributed by atoms with van der Waals surface area (Å²) in [7, 11) is 0. The average molecular weight is 439 g/mol. The number of hydrogen-bond acceptors (Lipinski definition) is 3. The number of aryl methyl sites for hydroxylation is 2. The topological polar surface area (TPSA) is 41.3 Å². The van der Waals surface area contributed by atoms with Gasteiger partial charge in [0.15, 0.2) is 0 Å². The minimum atomic E-state index is -0.486. The van der Waals surface area contributed by atoms with Crippen LogP contribution in [0.1, 0.15) is 31.7 Å². The Labute approximate surface area is 179 Å². The van der Waals surface area contributed by atoms with E-state index < -0.39 is 6.10 Å². The second-order valence-corrected chi connectivity index (χ2v) is 8.56. The van der Waals surface area contributed by atoms with E-state index in [0.717, 1.165) is 47.6 Å². The Bertz CT molecular complexity index is 1010. The highest BCUT2D eigenvalue weighted by atomic mass is 35.5. The summed E-state index contributed by atoms with van der Waals surface area (Å²) in [6.07, 6.45) is 1.91. The third-order valence-corrected chi connectivity index (χ3v) is 6.20. The maximum Gasteiger partial charge on any atom is 0.211 e. The number of benzene rings is 2. The smallest absolute Gasteiger partial charge is 0.211 e. The number of fused-ring (bicyclic) bond motifs is 3. The van der Waals surface area contributed by atoms with Crippen LogP contribution in [-0.2, 0) is 6.54 Å². The summed E-state index contributed by atoms with van der Waals surface area (Å²) in [5, 5.41) is 12.7. The van der Waals surface area contributed by atoms with E-state index in [0.29, 0.717) is 21.5 Å². The van der Waals surface area contributed by atoms with Crippen LogP contribution >= 0.6 is 34.8 Å². The lowest BCUT2D eigenvalue weighted by Crippen LogP contribution is -2.46. The van der Waals surface area contributed by atoms with E-state index in [4.69, 9.17) is 39.8 Å². The van der Waals surface area contributed by atoms with Gasteiger partial charge in [0.05, 0.1) is 33.4 Å². The normalized spacial score (nSPS) is 17.8. The van der Waals surface area contributed by atoms with Crippen molar-refractivity contribution in [3.05, 3.63) is 51.0 Å². The molecule has 1 N–H and O–H groups in total. The predicted octanol–water partition coefficient (Wildman–Crippen LogP) is 6.38. The van der Waals surface area contributed by atoms with Crippen LogP contribution in [0.5, 0.6) is 0 Å². The van der Waals surface area contributed by atoms with E-state index >= 15 is 0 Å². The van der Waals surface area contributed by atoms with Gasteiger partial charge in [-0.3, -0.25) is 0 Å². The van der Waals surface area contributed by atoms with Crippen molar-refractivity contribution < 1.29 is 5.11 Å². The van der Waals surface area contributed by atoms with Crippen LogP contribution in [0, 0.1) is 6.92 Å². The van der Waals surface area contributed by atoms with E-state index in [2.05, 4.69) is 16.4 Å². The fourth-order valence-corrected chi connectivity index (χ4v) is 5.06. The van der Waals surface area contributed by atoms with Gasteiger partial charge >= 0.3 is 0 Å². The molecule has 28 heavy (non-hydrogen) atoms. The Hall–Kier alpha value is -1.46. The maximum atomic E-state index is 10.9. The number of aromatic nitrogens is 2. The molecule has 1 aliphatic heterocycles. The van der Waals surface area contributed by atoms with Gasteiger partial charge < -0.3 is 14.6 Å². The highest BCUT2D eigenvalue weighted by Crippen LogP contribution is 2.43. The zero-order chi connectivity index (χ0) is 20.0. The zero-order valence-electron chi connectivity index (χ0n) is 15.8. The molecule has 0 aliphatic carbocycles. The predicted molar refractivity (Wildman–Crippen MR) is 117 cm³/mol. The number of nitrogens with zero attached hydrogens (tertiary/aromatic N) is 3. The van der Waals surface area contributed by atoms with Gasteiger partial charge in [-0.1, -0.05) is 54.2 Å². The number of aliphatic hydroxyl groups excluding tert-OH is 1. The summed E-state index contributed by atoms with van der Waals surface area (Å²) in [4.78, 5) is 6.94. The van der Waals surface area contributed by atoms with Gasteiger partial charge in [0.2, 0.25) is 5.95 Å². The van der Waals surface area contributed by atoms with Crippen molar-refractivity contribution in [2.45, 2.75) is 51.8 Å². The van der Waals surface area contributed by atoms with Crippen molar-refractivity contribution in [1.82, 2.24) is 9.55 Å². The largest absolute Gasteiger partial charge is 0.391 e. The monoisotopic (exact) mass is 437 g/mol. The van der Waals surface area contributed by atoms with E-state index in [1.807, 2.05) is 31.2 Å². The molecule has 0 spiro atoms. The summed E-state index contributed by atoms with van der Waals surface area (Å²) in [5.74, 6) is 0.752. The molecule has 4 rings (SSSR count). The molecule has 0 radical (unpaired) electrons. The van der Waals surface area contributed by atoms with Crippen molar-refractivity contribution >= 4 is 57.5 Å². The molecule has 2 atom stereocenters. The van der Waals surface area contributed by atoms with Gasteiger partial charge in [-0.15, -0.1) is 0 Å². The quantitative estimate of drug-likeness (QED) is 0.514. The average Bonchev–Trinajstić information content (AvgIpc) is 3.01. The zero-order valence-corrected chi connectivity index (χ0v) is 18.1. The number of halogens is 3. The molecule has 0 saturated carbocycles. The lowest BCUT2D eigenvalue weighted by molar-refractivity contribution is 0.123. The summed E-state index contributed by atoms with van der Waals surface area (Å²) >= 11 is 19.3. The van der Waals surface area contributed by atoms with Crippen LogP contribution in [0.3, 0.4) is 0 Å². The van der Waals surface area contributed by atoms with Crippen LogP contribution in [0.15, 0.2) is 30.3 Å². The highest BCUT2D eigenvalue weighted by Gasteiger charge is 2.36. The molecule has 7 heteroatoms. The van der Waals surface area contributed by atoms with Crippen LogP contribution in [0.25, 0.3) is 11.0 Å². The molecule has 3 aromatic rings. The number of hydrogen-bond donors (Lipinski definition) is 1. The van der Waals surface area contributed by atoms with Gasteiger partial charge in [-0.2, -0.15) is 0 Å². The van der Waals surface area contributed by atoms with Crippen molar-refractivity contribution in [3.63, 3.8) is 0 Å². The van der Waals surface area contributed by atoms with Crippen LogP contribution < -0.4 is 4.90 Å². The molecule has 1 aromatic heterocycles. The molecular weight excluding hydrogens is 417 g/mol. The summed E-state index contributed by atoms with van der Waals surface area (Å²) in [6, 6.07) is 9.30. The molecule has 0 bridgehead atoms. The van der Waals surface area contributed by atoms with Crippen LogP contribution in [-0.4, -0.2) is 26.8 Å². The first kappa shape index (κ1) is 19.8. The van der Waals surface area contributed by atoms with Crippen molar-refractivity contribution in [2.75, 3.05) is 4.90 Å². The number of imidazole rings is 1. The van der Waals surface area contributed by atoms with E-state index in [1.54, 1.807) is 6.07 Å². The Morgan fingerprint density at radius 3 is 2.71 bits per heavy atom. The van der Waals surface area contributed by atoms with Gasteiger partial charge in [-0.25, -0.2) is 4.98 Å². The molecule has 2 aromatic carbocycles. The number of anilines is 2. The first-order valence-electron chi connectivity index (χ1n) is 9.50. The molecular formula is C21H22Cl3N3O. The van der Waals surface area contributed by atoms with Gasteiger partial charge in [0, 0.05) is 11.6 Å². The highest BCUT2D eigenvalue weighted by molar-refractivity contribution is 6.37. The lowest BCUT2D eigenvalue weighted by atomic mass is 9.98. The molecule has 1 aliphatic rings. The molecule has 0 saturated heterocycles. The van der Waals surface area contributed by atoms with Crippen molar-refractivity contribution in [2.24, 2.45) is 0 Å². The summed E-state index contributed by atoms with van der Waals surface area (Å²) in [5.41, 5.74) is 3.52. The first-order valence-corrected chi connectivity index (χ1v) is 10.6. The van der Waals surface area contributed by atoms with Crippen LogP contribution in [0.2, 0.25) is 15.1 Å². The van der Waals surface area contributed by atoms with Gasteiger partial charge in [0.25, 0.3) is 0 Å². The minimum absolute atomic E-state index is 0.125. The van der Waals surface area contributed by atoms with Gasteiger partial charge in [-0.05, 0) is 49.6 Å². The fourth-order valence-electron chi connectivity index (χ4n) is 4.16. The van der Waals surface area contributed by atoms with E-state index in [9.17, 15) is 5.11 Å². The van der Waals surface area contributed by atoms with Crippen molar-refractivity contribution in [1.29, 1.82) is 0 Å². The minimum Gasteiger partial charge on any atom is -0.391 e. The second-order valence-electron chi connectivity index (χ2n) is 7.31. The lowest BCUT2D eigenvalue weighted by Gasteiger charge is -2.40. The Kier molecular flexibility index (Phi) is 5.49. The molecule has 2 unspecified atom stereocenters. The Morgan fingerprint density at radius 2 is 2.00 bits per heavy atom. The first-order chi connectivity index (χ1) is 13.4. The van der Waals surface area contributed by atoms with Gasteiger partial charge in [0.1, 0.15) is 5.52 Å². The SMILES string of the molecule is CCCC(O)C1CCn2c(nc3c(Cl)cccc32)N1c1c(C)cc(Cl)cc1Cl. The molecule has 2 heterocycles. The fraction of sp³-hybridized carbons (Fsp3) is 0.381. The molecule has 0 amide bonds. The van der Waals surface area contributed by atoms with Crippen molar-refractivity contribution in [3.8, 4) is 0 Å². The molecule has 4 nitrogen and oxygen atoms in total. The third kappa shape index (κ3) is 3.26. The standard InChI is InChI=1S/C21H22Cl3N3O/c1-3-5-18(28)16-8-9-26-17-7-4-6-14(23)19(17)25-21(26)27(16)20-12(2)10-13(22)11-15(20)24/h4,6-7,10-11,16,18,28H,3,5,8-9H2,1-2H3. The summed E-state index contributed by atoms with van der Waals surface area (Å²) < 4.78 is 2.15. The van der Waals surface area contributed by atoms with E-state index in [1.165, 1.54) is 0 Å². The molecule has 0 fully saturated rings. The second kappa shape index (κ2) is 7.75. The van der Waals surface area contributed by atoms with Crippen LogP contribution in [0.4, 0.5) is 11.6 Å². The summed E-state index contributed by atoms with van der Waals surface area (Å²) in [6.45, 7) is 4.81.